The Kier molecular flexibility index (Phi) is 9.36. The smallest absolute Gasteiger partial charge is 0.220 e. The zero-order valence-electron chi connectivity index (χ0n) is 10.2. The van der Waals surface area contributed by atoms with Crippen molar-refractivity contribution >= 4 is 11.8 Å². The lowest BCUT2D eigenvalue weighted by Crippen LogP contribution is -2.27. The molecule has 0 saturated heterocycles. The Morgan fingerprint density at radius 3 is 2.19 bits per heavy atom. The molecule has 0 aliphatic heterocycles. The van der Waals surface area contributed by atoms with E-state index in [4.69, 9.17) is 0 Å². The molecule has 2 amide bonds. The highest BCUT2D eigenvalue weighted by Gasteiger charge is 2.04. The third-order valence-corrected chi connectivity index (χ3v) is 1.99. The summed E-state index contributed by atoms with van der Waals surface area (Å²) in [5.41, 5.74) is 0. The number of hydrogen-bond acceptors (Lipinski definition) is 2. The molecule has 0 rings (SSSR count). The zero-order chi connectivity index (χ0) is 12.2. The van der Waals surface area contributed by atoms with Crippen molar-refractivity contribution < 1.29 is 9.59 Å². The first kappa shape index (κ1) is 14.7. The van der Waals surface area contributed by atoms with Crippen molar-refractivity contribution in [2.24, 2.45) is 0 Å². The molecule has 0 atom stereocenters. The second kappa shape index (κ2) is 10.2. The maximum atomic E-state index is 11.3. The van der Waals surface area contributed by atoms with E-state index in [1.165, 1.54) is 0 Å². The number of hydrogen-bond donors (Lipinski definition) is 2. The van der Waals surface area contributed by atoms with Gasteiger partial charge in [-0.25, -0.2) is 0 Å². The zero-order valence-corrected chi connectivity index (χ0v) is 10.2. The molecule has 16 heavy (non-hydrogen) atoms. The lowest BCUT2D eigenvalue weighted by Gasteiger charge is -2.02. The van der Waals surface area contributed by atoms with E-state index in [-0.39, 0.29) is 24.7 Å². The van der Waals surface area contributed by atoms with Gasteiger partial charge in [-0.2, -0.15) is 0 Å². The van der Waals surface area contributed by atoms with Crippen molar-refractivity contribution in [2.45, 2.75) is 39.5 Å². The van der Waals surface area contributed by atoms with Crippen LogP contribution in [-0.2, 0) is 9.59 Å². The van der Waals surface area contributed by atoms with Crippen LogP contribution in [0.3, 0.4) is 0 Å². The number of carbonyl (C=O) groups is 2. The summed E-state index contributed by atoms with van der Waals surface area (Å²) in [6, 6.07) is 0. The molecule has 0 aliphatic carbocycles. The highest BCUT2D eigenvalue weighted by Crippen LogP contribution is 1.90. The Balaban J connectivity index is 3.48. The van der Waals surface area contributed by atoms with Gasteiger partial charge >= 0.3 is 0 Å². The van der Waals surface area contributed by atoms with Gasteiger partial charge in [0.25, 0.3) is 0 Å². The molecule has 2 N–H and O–H groups in total. The van der Waals surface area contributed by atoms with Crippen molar-refractivity contribution in [3.05, 3.63) is 12.2 Å². The molecular weight excluding hydrogens is 204 g/mol. The first-order valence-corrected chi connectivity index (χ1v) is 5.89. The van der Waals surface area contributed by atoms with Crippen LogP contribution >= 0.6 is 0 Å². The Morgan fingerprint density at radius 2 is 1.62 bits per heavy atom. The molecule has 4 nitrogen and oxygen atoms in total. The van der Waals surface area contributed by atoms with Gasteiger partial charge in [-0.05, 0) is 13.3 Å². The summed E-state index contributed by atoms with van der Waals surface area (Å²) in [5.74, 6) is -0.147. The average molecular weight is 226 g/mol. The van der Waals surface area contributed by atoms with Gasteiger partial charge in [0.05, 0.1) is 0 Å². The van der Waals surface area contributed by atoms with E-state index >= 15 is 0 Å². The maximum absolute atomic E-state index is 11.3. The lowest BCUT2D eigenvalue weighted by atomic mass is 10.2. The molecule has 0 saturated carbocycles. The number of amides is 2. The van der Waals surface area contributed by atoms with E-state index in [0.717, 1.165) is 12.8 Å². The number of nitrogens with one attached hydrogen (secondary N) is 2. The van der Waals surface area contributed by atoms with Crippen molar-refractivity contribution in [3.63, 3.8) is 0 Å². The van der Waals surface area contributed by atoms with Gasteiger partial charge in [0.15, 0.2) is 0 Å². The molecule has 4 heteroatoms. The van der Waals surface area contributed by atoms with Crippen LogP contribution in [0.2, 0.25) is 0 Å². The Morgan fingerprint density at radius 1 is 1.00 bits per heavy atom. The van der Waals surface area contributed by atoms with Crippen molar-refractivity contribution in [3.8, 4) is 0 Å². The second-order valence-electron chi connectivity index (χ2n) is 3.52. The van der Waals surface area contributed by atoms with Gasteiger partial charge < -0.3 is 10.6 Å². The molecule has 0 aliphatic rings. The number of unbranched alkanes of at least 4 members (excludes halogenated alkanes) is 1. The summed E-state index contributed by atoms with van der Waals surface area (Å²) in [4.78, 5) is 22.3. The molecule has 0 unspecified atom stereocenters. The second-order valence-corrected chi connectivity index (χ2v) is 3.52. The van der Waals surface area contributed by atoms with Crippen LogP contribution in [0.5, 0.6) is 0 Å². The molecule has 0 fully saturated rings. The van der Waals surface area contributed by atoms with Gasteiger partial charge in [-0.3, -0.25) is 9.59 Å². The number of rotatable bonds is 8. The fourth-order valence-corrected chi connectivity index (χ4v) is 1.14. The highest BCUT2D eigenvalue weighted by molar-refractivity contribution is 5.83. The Hall–Kier alpha value is -1.32. The van der Waals surface area contributed by atoms with Crippen LogP contribution in [0.1, 0.15) is 39.5 Å². The van der Waals surface area contributed by atoms with Gasteiger partial charge in [-0.15, -0.1) is 0 Å². The van der Waals surface area contributed by atoms with E-state index in [9.17, 15) is 9.59 Å². The molecular formula is C12H22N2O2. The molecule has 92 valence electrons. The monoisotopic (exact) mass is 226 g/mol. The van der Waals surface area contributed by atoms with Crippen LogP contribution in [0.15, 0.2) is 12.2 Å². The summed E-state index contributed by atoms with van der Waals surface area (Å²) in [6.07, 6.45) is 6.65. The normalized spacial score (nSPS) is 10.4. The van der Waals surface area contributed by atoms with Gasteiger partial charge in [0.2, 0.25) is 11.8 Å². The van der Waals surface area contributed by atoms with Crippen molar-refractivity contribution in [2.75, 3.05) is 13.1 Å². The number of allylic oxidation sites excluding steroid dienone is 1. The topological polar surface area (TPSA) is 58.2 Å². The standard InChI is InChI=1S/C12H22N2O2/c1-3-5-6-7-10-14-12(16)9-8-11(15)13-4-2/h6-7H,3-5,8-10H2,1-2H3,(H,13,15)(H,14,16). The third-order valence-electron chi connectivity index (χ3n) is 1.99. The lowest BCUT2D eigenvalue weighted by molar-refractivity contribution is -0.126. The summed E-state index contributed by atoms with van der Waals surface area (Å²) in [5, 5.41) is 5.39. The predicted molar refractivity (Wildman–Crippen MR) is 65.0 cm³/mol. The summed E-state index contributed by atoms with van der Waals surface area (Å²) < 4.78 is 0. The Labute approximate surface area is 97.5 Å². The summed E-state index contributed by atoms with van der Waals surface area (Å²) >= 11 is 0. The van der Waals surface area contributed by atoms with E-state index in [1.807, 2.05) is 19.1 Å². The molecule has 0 aromatic heterocycles. The van der Waals surface area contributed by atoms with Crippen LogP contribution in [0.25, 0.3) is 0 Å². The van der Waals surface area contributed by atoms with Gasteiger partial charge in [-0.1, -0.05) is 25.5 Å². The average Bonchev–Trinajstić information content (AvgIpc) is 2.26. The fraction of sp³-hybridized carbons (Fsp3) is 0.667. The first-order chi connectivity index (χ1) is 7.70. The minimum Gasteiger partial charge on any atom is -0.356 e. The van der Waals surface area contributed by atoms with Crippen LogP contribution < -0.4 is 10.6 Å². The van der Waals surface area contributed by atoms with E-state index < -0.39 is 0 Å². The van der Waals surface area contributed by atoms with Crippen molar-refractivity contribution in [1.82, 2.24) is 10.6 Å². The maximum Gasteiger partial charge on any atom is 0.220 e. The summed E-state index contributed by atoms with van der Waals surface area (Å²) in [6.45, 7) is 5.13. The SMILES string of the molecule is CCCC=CCNC(=O)CCC(=O)NCC. The van der Waals surface area contributed by atoms with E-state index in [2.05, 4.69) is 17.6 Å². The highest BCUT2D eigenvalue weighted by atomic mass is 16.2. The molecule has 0 radical (unpaired) electrons. The van der Waals surface area contributed by atoms with E-state index in [1.54, 1.807) is 0 Å². The fourth-order valence-electron chi connectivity index (χ4n) is 1.14. The molecule has 0 spiro atoms. The quantitative estimate of drug-likeness (QED) is 0.614. The largest absolute Gasteiger partial charge is 0.356 e. The molecule has 0 heterocycles. The van der Waals surface area contributed by atoms with Crippen LogP contribution in [-0.4, -0.2) is 24.9 Å². The Bertz CT molecular complexity index is 237. The first-order valence-electron chi connectivity index (χ1n) is 5.89. The number of carbonyl (C=O) groups excluding carboxylic acids is 2. The predicted octanol–water partition coefficient (Wildman–Crippen LogP) is 1.38. The van der Waals surface area contributed by atoms with Crippen molar-refractivity contribution in [1.29, 1.82) is 0 Å². The minimum atomic E-state index is -0.0765. The van der Waals surface area contributed by atoms with Gasteiger partial charge in [0.1, 0.15) is 0 Å². The third kappa shape index (κ3) is 9.24. The molecule has 0 bridgehead atoms. The minimum absolute atomic E-state index is 0.0702. The van der Waals surface area contributed by atoms with Crippen LogP contribution in [0.4, 0.5) is 0 Å². The van der Waals surface area contributed by atoms with E-state index in [0.29, 0.717) is 13.1 Å². The summed E-state index contributed by atoms with van der Waals surface area (Å²) in [7, 11) is 0. The van der Waals surface area contributed by atoms with Gasteiger partial charge in [0, 0.05) is 25.9 Å². The molecule has 0 aromatic carbocycles. The van der Waals surface area contributed by atoms with Crippen LogP contribution in [0, 0.1) is 0 Å². The molecule has 0 aromatic rings.